The van der Waals surface area contributed by atoms with E-state index >= 15 is 0 Å². The van der Waals surface area contributed by atoms with E-state index in [4.69, 9.17) is 9.57 Å². The Labute approximate surface area is 127 Å². The summed E-state index contributed by atoms with van der Waals surface area (Å²) in [5, 5.41) is 6.39. The van der Waals surface area contributed by atoms with E-state index in [9.17, 15) is 14.0 Å². The normalized spacial score (nSPS) is 16.7. The van der Waals surface area contributed by atoms with E-state index < -0.39 is 23.8 Å². The van der Waals surface area contributed by atoms with Crippen LogP contribution in [0.4, 0.5) is 4.39 Å². The van der Waals surface area contributed by atoms with Crippen LogP contribution >= 0.6 is 0 Å². The smallest absolute Gasteiger partial charge is 0.350 e. The summed E-state index contributed by atoms with van der Waals surface area (Å²) in [5.41, 5.74) is 1.47. The van der Waals surface area contributed by atoms with Gasteiger partial charge in [-0.05, 0) is 31.5 Å². The van der Waals surface area contributed by atoms with Gasteiger partial charge in [-0.3, -0.25) is 4.79 Å². The van der Waals surface area contributed by atoms with Gasteiger partial charge in [0.1, 0.15) is 5.82 Å². The first-order valence-corrected chi connectivity index (χ1v) is 6.93. The molecule has 6 nitrogen and oxygen atoms in total. The maximum Gasteiger partial charge on any atom is 0.350 e. The molecule has 1 unspecified atom stereocenters. The van der Waals surface area contributed by atoms with Crippen molar-refractivity contribution in [3.63, 3.8) is 0 Å². The molecule has 2 rings (SSSR count). The van der Waals surface area contributed by atoms with Crippen LogP contribution in [0.1, 0.15) is 29.3 Å². The van der Waals surface area contributed by atoms with Crippen molar-refractivity contribution in [3.8, 4) is 0 Å². The van der Waals surface area contributed by atoms with E-state index in [-0.39, 0.29) is 25.1 Å². The lowest BCUT2D eigenvalue weighted by Crippen LogP contribution is -2.31. The summed E-state index contributed by atoms with van der Waals surface area (Å²) in [5.74, 6) is -1.35. The topological polar surface area (TPSA) is 77.0 Å². The second-order valence-corrected chi connectivity index (χ2v) is 4.85. The van der Waals surface area contributed by atoms with Gasteiger partial charge in [0.25, 0.3) is 5.91 Å². The molecule has 1 heterocycles. The molecule has 0 aromatic heterocycles. The highest BCUT2D eigenvalue weighted by Crippen LogP contribution is 2.13. The lowest BCUT2D eigenvalue weighted by atomic mass is 10.1. The van der Waals surface area contributed by atoms with Crippen LogP contribution in [0.5, 0.6) is 0 Å². The molecule has 1 N–H and O–H groups in total. The van der Waals surface area contributed by atoms with Crippen molar-refractivity contribution >= 4 is 17.6 Å². The standard InChI is InChI=1S/C15H17FN2O4/c1-3-21-15(20)13-7-11(18-22-13)8-17-14(19)12-6-10(16)5-4-9(12)2/h4-6,13H,3,7-8H2,1-2H3,(H,17,19). The van der Waals surface area contributed by atoms with Crippen molar-refractivity contribution in [2.45, 2.75) is 26.4 Å². The third-order valence-electron chi connectivity index (χ3n) is 3.18. The molecule has 1 aromatic rings. The Morgan fingerprint density at radius 3 is 3.00 bits per heavy atom. The Bertz CT molecular complexity index is 616. The zero-order valence-corrected chi connectivity index (χ0v) is 12.4. The number of hydrogen-bond donors (Lipinski definition) is 1. The molecule has 0 aliphatic carbocycles. The van der Waals surface area contributed by atoms with Crippen molar-refractivity contribution < 1.29 is 23.6 Å². The average molecular weight is 308 g/mol. The van der Waals surface area contributed by atoms with Gasteiger partial charge in [0.2, 0.25) is 6.10 Å². The van der Waals surface area contributed by atoms with Crippen molar-refractivity contribution in [2.24, 2.45) is 5.16 Å². The zero-order valence-electron chi connectivity index (χ0n) is 12.4. The van der Waals surface area contributed by atoms with E-state index in [1.807, 2.05) is 0 Å². The molecule has 0 bridgehead atoms. The quantitative estimate of drug-likeness (QED) is 0.838. The number of esters is 1. The van der Waals surface area contributed by atoms with Gasteiger partial charge in [-0.25, -0.2) is 9.18 Å². The summed E-state index contributed by atoms with van der Waals surface area (Å²) in [4.78, 5) is 28.5. The highest BCUT2D eigenvalue weighted by Gasteiger charge is 2.29. The van der Waals surface area contributed by atoms with Crippen LogP contribution in [-0.2, 0) is 14.4 Å². The van der Waals surface area contributed by atoms with Gasteiger partial charge in [0.15, 0.2) is 0 Å². The Kier molecular flexibility index (Phi) is 5.08. The Morgan fingerprint density at radius 2 is 2.27 bits per heavy atom. The summed E-state index contributed by atoms with van der Waals surface area (Å²) >= 11 is 0. The molecule has 1 aliphatic rings. The number of nitrogens with zero attached hydrogens (tertiary/aromatic N) is 1. The van der Waals surface area contributed by atoms with E-state index in [1.165, 1.54) is 18.2 Å². The van der Waals surface area contributed by atoms with Gasteiger partial charge >= 0.3 is 5.97 Å². The fraction of sp³-hybridized carbons (Fsp3) is 0.400. The van der Waals surface area contributed by atoms with E-state index in [1.54, 1.807) is 13.8 Å². The summed E-state index contributed by atoms with van der Waals surface area (Å²) in [7, 11) is 0. The van der Waals surface area contributed by atoms with Crippen LogP contribution in [0.2, 0.25) is 0 Å². The van der Waals surface area contributed by atoms with Crippen LogP contribution in [0.15, 0.2) is 23.4 Å². The highest BCUT2D eigenvalue weighted by molar-refractivity contribution is 5.99. The molecular weight excluding hydrogens is 291 g/mol. The maximum atomic E-state index is 13.2. The van der Waals surface area contributed by atoms with Gasteiger partial charge in [-0.2, -0.15) is 0 Å². The largest absolute Gasteiger partial charge is 0.463 e. The number of halogens is 1. The Morgan fingerprint density at radius 1 is 1.50 bits per heavy atom. The number of ether oxygens (including phenoxy) is 1. The van der Waals surface area contributed by atoms with Crippen LogP contribution < -0.4 is 5.32 Å². The number of aryl methyl sites for hydroxylation is 1. The van der Waals surface area contributed by atoms with Crippen molar-refractivity contribution in [1.82, 2.24) is 5.32 Å². The first-order chi connectivity index (χ1) is 10.5. The summed E-state index contributed by atoms with van der Waals surface area (Å²) in [6, 6.07) is 4.02. The molecule has 0 spiro atoms. The molecular formula is C15H17FN2O4. The zero-order chi connectivity index (χ0) is 16.1. The summed E-state index contributed by atoms with van der Waals surface area (Å²) in [6.07, 6.45) is -0.496. The predicted molar refractivity (Wildman–Crippen MR) is 77.0 cm³/mol. The third kappa shape index (κ3) is 3.81. The number of carbonyl (C=O) groups is 2. The van der Waals surface area contributed by atoms with E-state index in [0.29, 0.717) is 11.3 Å². The number of amides is 1. The molecule has 0 saturated heterocycles. The molecule has 118 valence electrons. The lowest BCUT2D eigenvalue weighted by Gasteiger charge is -2.08. The number of rotatable bonds is 5. The first kappa shape index (κ1) is 15.9. The Hall–Kier alpha value is -2.44. The van der Waals surface area contributed by atoms with Gasteiger partial charge in [0, 0.05) is 12.0 Å². The molecule has 1 aliphatic heterocycles. The fourth-order valence-electron chi connectivity index (χ4n) is 2.01. The van der Waals surface area contributed by atoms with Crippen LogP contribution in [0.3, 0.4) is 0 Å². The molecule has 1 amide bonds. The minimum absolute atomic E-state index is 0.130. The first-order valence-electron chi connectivity index (χ1n) is 6.93. The predicted octanol–water partition coefficient (Wildman–Crippen LogP) is 1.57. The van der Waals surface area contributed by atoms with Crippen LogP contribution in [-0.4, -0.2) is 36.8 Å². The van der Waals surface area contributed by atoms with Gasteiger partial charge in [-0.1, -0.05) is 11.2 Å². The molecule has 1 atom stereocenters. The highest BCUT2D eigenvalue weighted by atomic mass is 19.1. The minimum Gasteiger partial charge on any atom is -0.463 e. The SMILES string of the molecule is CCOC(=O)C1CC(CNC(=O)c2cc(F)ccc2C)=NO1. The maximum absolute atomic E-state index is 13.2. The number of carbonyl (C=O) groups excluding carboxylic acids is 2. The van der Waals surface area contributed by atoms with Crippen molar-refractivity contribution in [1.29, 1.82) is 0 Å². The van der Waals surface area contributed by atoms with E-state index in [2.05, 4.69) is 10.5 Å². The molecule has 22 heavy (non-hydrogen) atoms. The monoisotopic (exact) mass is 308 g/mol. The van der Waals surface area contributed by atoms with Gasteiger partial charge < -0.3 is 14.9 Å². The van der Waals surface area contributed by atoms with Gasteiger partial charge in [-0.15, -0.1) is 0 Å². The molecule has 0 radical (unpaired) electrons. The summed E-state index contributed by atoms with van der Waals surface area (Å²) < 4.78 is 18.0. The second kappa shape index (κ2) is 7.02. The minimum atomic E-state index is -0.761. The molecule has 1 aromatic carbocycles. The number of nitrogens with one attached hydrogen (secondary N) is 1. The molecule has 0 fully saturated rings. The number of hydrogen-bond acceptors (Lipinski definition) is 5. The number of benzene rings is 1. The summed E-state index contributed by atoms with van der Waals surface area (Å²) in [6.45, 7) is 3.83. The van der Waals surface area contributed by atoms with Crippen molar-refractivity contribution in [3.05, 3.63) is 35.1 Å². The number of oxime groups is 1. The van der Waals surface area contributed by atoms with E-state index in [0.717, 1.165) is 0 Å². The Balaban J connectivity index is 1.87. The van der Waals surface area contributed by atoms with Crippen LogP contribution in [0, 0.1) is 12.7 Å². The third-order valence-corrected chi connectivity index (χ3v) is 3.18. The molecule has 0 saturated carbocycles. The average Bonchev–Trinajstić information content (AvgIpc) is 2.96. The lowest BCUT2D eigenvalue weighted by molar-refractivity contribution is -0.154. The van der Waals surface area contributed by atoms with Crippen LogP contribution in [0.25, 0.3) is 0 Å². The second-order valence-electron chi connectivity index (χ2n) is 4.85. The fourth-order valence-corrected chi connectivity index (χ4v) is 2.01. The van der Waals surface area contributed by atoms with Gasteiger partial charge in [0.05, 0.1) is 18.9 Å². The molecule has 7 heteroatoms. The van der Waals surface area contributed by atoms with Crippen molar-refractivity contribution in [2.75, 3.05) is 13.2 Å².